The zero-order chi connectivity index (χ0) is 16.8. The van der Waals surface area contributed by atoms with Crippen LogP contribution in [0.3, 0.4) is 0 Å². The Balaban J connectivity index is 1.73. The monoisotopic (exact) mass is 356 g/mol. The summed E-state index contributed by atoms with van der Waals surface area (Å²) in [5.41, 5.74) is 2.37. The fourth-order valence-corrected chi connectivity index (χ4v) is 4.57. The molecule has 3 heterocycles. The Kier molecular flexibility index (Phi) is 3.43. The number of thiophene rings is 1. The maximum absolute atomic E-state index is 12.6. The quantitative estimate of drug-likeness (QED) is 0.576. The number of benzene rings is 1. The van der Waals surface area contributed by atoms with E-state index in [-0.39, 0.29) is 11.5 Å². The number of aromatic nitrogens is 3. The topological polar surface area (TPSA) is 87.7 Å². The predicted octanol–water partition coefficient (Wildman–Crippen LogP) is 3.46. The molecule has 8 heteroatoms. The van der Waals surface area contributed by atoms with Gasteiger partial charge >= 0.3 is 0 Å². The highest BCUT2D eigenvalue weighted by Gasteiger charge is 2.19. The Morgan fingerprint density at radius 2 is 2.08 bits per heavy atom. The molecule has 3 aromatic heterocycles. The molecule has 0 unspecified atom stereocenters. The number of carbonyl (C=O) groups is 1. The average molecular weight is 356 g/mol. The van der Waals surface area contributed by atoms with Gasteiger partial charge in [0.25, 0.3) is 11.5 Å². The summed E-state index contributed by atoms with van der Waals surface area (Å²) in [6.45, 7) is 3.74. The van der Waals surface area contributed by atoms with Gasteiger partial charge in [-0.05, 0) is 31.0 Å². The number of carbonyl (C=O) groups excluding carboxylic acids is 1. The molecule has 0 aliphatic carbocycles. The van der Waals surface area contributed by atoms with E-state index in [1.54, 1.807) is 6.92 Å². The van der Waals surface area contributed by atoms with Crippen LogP contribution in [-0.2, 0) is 0 Å². The summed E-state index contributed by atoms with van der Waals surface area (Å²) in [5.74, 6) is -0.272. The van der Waals surface area contributed by atoms with Crippen molar-refractivity contribution < 1.29 is 4.79 Å². The van der Waals surface area contributed by atoms with Gasteiger partial charge in [-0.1, -0.05) is 23.5 Å². The molecule has 6 nitrogen and oxygen atoms in total. The molecule has 1 aromatic carbocycles. The van der Waals surface area contributed by atoms with E-state index in [1.165, 1.54) is 29.0 Å². The number of aromatic amines is 1. The summed E-state index contributed by atoms with van der Waals surface area (Å²) in [7, 11) is 0. The summed E-state index contributed by atoms with van der Waals surface area (Å²) in [6.07, 6.45) is 1.35. The van der Waals surface area contributed by atoms with Gasteiger partial charge in [0, 0.05) is 0 Å². The van der Waals surface area contributed by atoms with Crippen molar-refractivity contribution in [2.75, 3.05) is 5.32 Å². The van der Waals surface area contributed by atoms with E-state index in [0.29, 0.717) is 25.8 Å². The van der Waals surface area contributed by atoms with Crippen molar-refractivity contribution in [3.63, 3.8) is 0 Å². The molecular weight excluding hydrogens is 344 g/mol. The zero-order valence-corrected chi connectivity index (χ0v) is 14.5. The Morgan fingerprint density at radius 1 is 1.25 bits per heavy atom. The third-order valence-electron chi connectivity index (χ3n) is 3.78. The second-order valence-electron chi connectivity index (χ2n) is 5.36. The van der Waals surface area contributed by atoms with E-state index in [9.17, 15) is 9.59 Å². The first kappa shape index (κ1) is 15.0. The van der Waals surface area contributed by atoms with Gasteiger partial charge in [0.15, 0.2) is 5.13 Å². The molecule has 2 N–H and O–H groups in total. The normalized spacial score (nSPS) is 11.2. The highest BCUT2D eigenvalue weighted by atomic mass is 32.1. The Morgan fingerprint density at radius 3 is 2.83 bits per heavy atom. The van der Waals surface area contributed by atoms with Gasteiger partial charge in [-0.2, -0.15) is 0 Å². The fraction of sp³-hybridized carbons (Fsp3) is 0.125. The minimum atomic E-state index is -0.272. The maximum atomic E-state index is 12.6. The minimum absolute atomic E-state index is 0.233. The number of fused-ring (bicyclic) bond motifs is 2. The van der Waals surface area contributed by atoms with Crippen LogP contribution < -0.4 is 10.9 Å². The predicted molar refractivity (Wildman–Crippen MR) is 97.3 cm³/mol. The summed E-state index contributed by atoms with van der Waals surface area (Å²) in [4.78, 5) is 36.7. The van der Waals surface area contributed by atoms with Crippen molar-refractivity contribution in [2.45, 2.75) is 13.8 Å². The van der Waals surface area contributed by atoms with Gasteiger partial charge in [-0.3, -0.25) is 14.9 Å². The van der Waals surface area contributed by atoms with Gasteiger partial charge in [0.2, 0.25) is 0 Å². The summed E-state index contributed by atoms with van der Waals surface area (Å²) < 4.78 is 1.02. The lowest BCUT2D eigenvalue weighted by Crippen LogP contribution is -2.12. The largest absolute Gasteiger partial charge is 0.313 e. The first-order valence-electron chi connectivity index (χ1n) is 7.19. The molecule has 0 radical (unpaired) electrons. The van der Waals surface area contributed by atoms with Crippen LogP contribution in [0.1, 0.15) is 20.8 Å². The van der Waals surface area contributed by atoms with E-state index in [0.717, 1.165) is 15.8 Å². The summed E-state index contributed by atoms with van der Waals surface area (Å²) in [6, 6.07) is 5.93. The van der Waals surface area contributed by atoms with Crippen molar-refractivity contribution in [3.8, 4) is 0 Å². The van der Waals surface area contributed by atoms with E-state index < -0.39 is 0 Å². The van der Waals surface area contributed by atoms with Crippen molar-refractivity contribution in [3.05, 3.63) is 50.9 Å². The number of hydrogen-bond donors (Lipinski definition) is 2. The van der Waals surface area contributed by atoms with Crippen molar-refractivity contribution >= 4 is 54.1 Å². The lowest BCUT2D eigenvalue weighted by molar-refractivity contribution is 0.103. The number of thiazole rings is 1. The Labute approximate surface area is 144 Å². The molecular formula is C16H12N4O2S2. The molecule has 4 rings (SSSR count). The van der Waals surface area contributed by atoms with Crippen LogP contribution in [0.25, 0.3) is 20.4 Å². The molecule has 0 saturated heterocycles. The summed E-state index contributed by atoms with van der Waals surface area (Å²) >= 11 is 2.64. The first-order valence-corrected chi connectivity index (χ1v) is 8.82. The molecule has 0 fully saturated rings. The van der Waals surface area contributed by atoms with Crippen molar-refractivity contribution in [1.29, 1.82) is 0 Å². The first-order chi connectivity index (χ1) is 11.5. The van der Waals surface area contributed by atoms with Gasteiger partial charge in [0.1, 0.15) is 4.83 Å². The lowest BCUT2D eigenvalue weighted by Gasteiger charge is -1.99. The Hall–Kier alpha value is -2.58. The van der Waals surface area contributed by atoms with Crippen LogP contribution in [-0.4, -0.2) is 20.9 Å². The number of amides is 1. The van der Waals surface area contributed by atoms with Gasteiger partial charge in [-0.15, -0.1) is 11.3 Å². The van der Waals surface area contributed by atoms with E-state index in [2.05, 4.69) is 20.3 Å². The molecule has 0 aliphatic rings. The lowest BCUT2D eigenvalue weighted by atomic mass is 10.2. The van der Waals surface area contributed by atoms with Crippen LogP contribution in [0.5, 0.6) is 0 Å². The molecule has 0 bridgehead atoms. The molecule has 0 aliphatic heterocycles. The molecule has 0 atom stereocenters. The molecule has 120 valence electrons. The number of para-hydroxylation sites is 1. The minimum Gasteiger partial charge on any atom is -0.313 e. The number of nitrogens with zero attached hydrogens (tertiary/aromatic N) is 2. The number of anilines is 1. The van der Waals surface area contributed by atoms with E-state index in [1.807, 2.05) is 25.1 Å². The SMILES string of the molecule is Cc1cccc2sc(NC(=O)c3sc4nc[nH]c(=O)c4c3C)nc12. The van der Waals surface area contributed by atoms with Gasteiger partial charge in [0.05, 0.1) is 26.8 Å². The van der Waals surface area contributed by atoms with Crippen LogP contribution in [0.4, 0.5) is 5.13 Å². The second kappa shape index (κ2) is 5.50. The molecule has 0 spiro atoms. The van der Waals surface area contributed by atoms with Crippen LogP contribution in [0.15, 0.2) is 29.3 Å². The smallest absolute Gasteiger partial charge is 0.267 e. The average Bonchev–Trinajstić information content (AvgIpc) is 3.10. The number of nitrogens with one attached hydrogen (secondary N) is 2. The maximum Gasteiger partial charge on any atom is 0.267 e. The van der Waals surface area contributed by atoms with Crippen LogP contribution in [0, 0.1) is 13.8 Å². The number of H-pyrrole nitrogens is 1. The highest BCUT2D eigenvalue weighted by molar-refractivity contribution is 7.23. The second-order valence-corrected chi connectivity index (χ2v) is 7.39. The molecule has 1 amide bonds. The zero-order valence-electron chi connectivity index (χ0n) is 12.8. The van der Waals surface area contributed by atoms with Crippen molar-refractivity contribution in [2.24, 2.45) is 0 Å². The van der Waals surface area contributed by atoms with Crippen molar-refractivity contribution in [1.82, 2.24) is 15.0 Å². The highest BCUT2D eigenvalue weighted by Crippen LogP contribution is 2.30. The molecule has 4 aromatic rings. The fourth-order valence-electron chi connectivity index (χ4n) is 2.59. The van der Waals surface area contributed by atoms with Gasteiger partial charge in [-0.25, -0.2) is 9.97 Å². The molecule has 0 saturated carbocycles. The van der Waals surface area contributed by atoms with E-state index >= 15 is 0 Å². The van der Waals surface area contributed by atoms with Crippen LogP contribution >= 0.6 is 22.7 Å². The summed E-state index contributed by atoms with van der Waals surface area (Å²) in [5, 5.41) is 3.85. The number of rotatable bonds is 2. The third-order valence-corrected chi connectivity index (χ3v) is 5.91. The Bertz CT molecular complexity index is 1160. The van der Waals surface area contributed by atoms with E-state index in [4.69, 9.17) is 0 Å². The standard InChI is InChI=1S/C16H12N4O2S2/c1-7-4-3-5-9-11(7)19-16(23-9)20-14(22)12-8(2)10-13(21)17-6-18-15(10)24-12/h3-6H,1-2H3,(H,17,18,21)(H,19,20,22). The third kappa shape index (κ3) is 2.31. The number of aryl methyl sites for hydroxylation is 2. The van der Waals surface area contributed by atoms with Gasteiger partial charge < -0.3 is 4.98 Å². The molecule has 24 heavy (non-hydrogen) atoms. The number of hydrogen-bond acceptors (Lipinski definition) is 6. The van der Waals surface area contributed by atoms with Crippen LogP contribution in [0.2, 0.25) is 0 Å².